The van der Waals surface area contributed by atoms with Gasteiger partial charge in [-0.05, 0) is 0 Å². The van der Waals surface area contributed by atoms with Crippen LogP contribution in [0.1, 0.15) is 0 Å². The predicted octanol–water partition coefficient (Wildman–Crippen LogP) is -3.83. The Morgan fingerprint density at radius 2 is 1.00 bits per heavy atom. The summed E-state index contributed by atoms with van der Waals surface area (Å²) in [6.45, 7) is 0. The Labute approximate surface area is 105 Å². The van der Waals surface area contributed by atoms with Crippen LogP contribution >= 0.6 is 0 Å². The van der Waals surface area contributed by atoms with Crippen molar-refractivity contribution in [3.8, 4) is 0 Å². The Balaban J connectivity index is -0.00000000333. The van der Waals surface area contributed by atoms with Crippen molar-refractivity contribution in [3.05, 3.63) is 0 Å². The Morgan fingerprint density at radius 3 is 1.00 bits per heavy atom. The van der Waals surface area contributed by atoms with Crippen LogP contribution < -0.4 is 0 Å². The maximum atomic E-state index is 8.40. The first kappa shape index (κ1) is 34.6. The van der Waals surface area contributed by atoms with E-state index in [1.165, 1.54) is 0 Å². The molecule has 0 bridgehead atoms. The molecule has 0 aliphatic rings. The van der Waals surface area contributed by atoms with Crippen LogP contribution in [0.5, 0.6) is 0 Å². The van der Waals surface area contributed by atoms with Crippen molar-refractivity contribution in [1.29, 1.82) is 0 Å². The molecule has 7 heteroatoms. The molecule has 0 aliphatic heterocycles. The Hall–Kier alpha value is 2.31. The molecular weight excluding hydrogens is 252 g/mol. The van der Waals surface area contributed by atoms with Crippen molar-refractivity contribution in [1.82, 2.24) is 0 Å². The van der Waals surface area contributed by atoms with Gasteiger partial charge in [0.05, 0.1) is 0 Å². The van der Waals surface area contributed by atoms with Crippen LogP contribution in [-0.4, -0.2) is 98.7 Å². The molecule has 7 heavy (non-hydrogen) atoms. The summed E-state index contributed by atoms with van der Waals surface area (Å²) in [7, 11) is -1.42. The zero-order chi connectivity index (χ0) is 2.71. The van der Waals surface area contributed by atoms with Gasteiger partial charge < -0.3 is 11.0 Å². The minimum absolute atomic E-state index is 0. The Bertz CT molecular complexity index is 32.7. The molecule has 38 valence electrons. The SMILES string of the molecule is O.O.O=[Si]=O.[BaH2].[NaH]. The molecule has 0 aliphatic carbocycles. The number of hydrogen-bond donors (Lipinski definition) is 0. The molecule has 0 atom stereocenters. The van der Waals surface area contributed by atoms with Gasteiger partial charge >= 0.3 is 87.7 Å². The van der Waals surface area contributed by atoms with Gasteiger partial charge in [0.15, 0.2) is 0 Å². The van der Waals surface area contributed by atoms with Crippen molar-refractivity contribution < 1.29 is 19.9 Å². The second-order valence-electron chi connectivity index (χ2n) is 0.0833. The molecule has 0 aromatic heterocycles. The van der Waals surface area contributed by atoms with Crippen molar-refractivity contribution in [3.63, 3.8) is 0 Å². The fourth-order valence-corrected chi connectivity index (χ4v) is 0. The van der Waals surface area contributed by atoms with Crippen molar-refractivity contribution in [2.75, 3.05) is 0 Å². The molecule has 4 N–H and O–H groups in total. The summed E-state index contributed by atoms with van der Waals surface area (Å²) in [6.07, 6.45) is 0. The van der Waals surface area contributed by atoms with Gasteiger partial charge in [0.1, 0.15) is 0 Å². The zero-order valence-electron chi connectivity index (χ0n) is 2.32. The normalized spacial score (nSPS) is 1.14. The van der Waals surface area contributed by atoms with Crippen molar-refractivity contribution >= 4 is 87.7 Å². The molecule has 0 fully saturated rings. The van der Waals surface area contributed by atoms with E-state index >= 15 is 0 Å². The van der Waals surface area contributed by atoms with E-state index in [0.29, 0.717) is 0 Å². The van der Waals surface area contributed by atoms with Gasteiger partial charge in [0.2, 0.25) is 0 Å². The molecule has 0 aromatic carbocycles. The van der Waals surface area contributed by atoms with Gasteiger partial charge in [-0.1, -0.05) is 0 Å². The quantitative estimate of drug-likeness (QED) is 0.417. The molecule has 4 nitrogen and oxygen atoms in total. The van der Waals surface area contributed by atoms with Crippen molar-refractivity contribution in [2.24, 2.45) is 0 Å². The van der Waals surface area contributed by atoms with Crippen molar-refractivity contribution in [2.45, 2.75) is 0 Å². The van der Waals surface area contributed by atoms with Crippen LogP contribution in [0.25, 0.3) is 0 Å². The van der Waals surface area contributed by atoms with Gasteiger partial charge in [-0.25, -0.2) is 0 Å². The standard InChI is InChI=1S/Ba.Na.O2Si.2H2O.3H/c;;1-3-2;;;;;/h;;;2*1H2;;;. The van der Waals surface area contributed by atoms with E-state index in [0.717, 1.165) is 0 Å². The van der Waals surface area contributed by atoms with Crippen LogP contribution in [0.3, 0.4) is 0 Å². The van der Waals surface area contributed by atoms with Gasteiger partial charge in [-0.2, -0.15) is 0 Å². The molecular formula is H7BaNaO4Si. The first-order chi connectivity index (χ1) is 1.41. The van der Waals surface area contributed by atoms with E-state index < -0.39 is 9.29 Å². The molecule has 0 saturated carbocycles. The molecule has 0 aromatic rings. The second-order valence-corrected chi connectivity index (χ2v) is 0.250. The van der Waals surface area contributed by atoms with Gasteiger partial charge in [0.25, 0.3) is 0 Å². The summed E-state index contributed by atoms with van der Waals surface area (Å²) in [4.78, 5) is 0. The van der Waals surface area contributed by atoms with E-state index in [9.17, 15) is 0 Å². The summed E-state index contributed by atoms with van der Waals surface area (Å²) in [6, 6.07) is 0. The van der Waals surface area contributed by atoms with E-state index in [1.54, 1.807) is 0 Å². The fourth-order valence-electron chi connectivity index (χ4n) is 0. The van der Waals surface area contributed by atoms with E-state index in [1.807, 2.05) is 0 Å². The average Bonchev–Trinajstić information content (AvgIpc) is 0.918. The van der Waals surface area contributed by atoms with Gasteiger partial charge in [0, 0.05) is 0 Å². The third-order valence-electron chi connectivity index (χ3n) is 0. The van der Waals surface area contributed by atoms with Crippen LogP contribution in [0, 0.1) is 0 Å². The third-order valence-corrected chi connectivity index (χ3v) is 0. The van der Waals surface area contributed by atoms with E-state index in [4.69, 9.17) is 8.92 Å². The Morgan fingerprint density at radius 1 is 1.00 bits per heavy atom. The van der Waals surface area contributed by atoms with E-state index in [-0.39, 0.29) is 89.4 Å². The van der Waals surface area contributed by atoms with Gasteiger partial charge in [-0.15, -0.1) is 0 Å². The summed E-state index contributed by atoms with van der Waals surface area (Å²) >= 11 is 0. The second kappa shape index (κ2) is 40.5. The first-order valence-corrected chi connectivity index (χ1v) is 1.22. The Kier molecular flexibility index (Phi) is 201. The van der Waals surface area contributed by atoms with Crippen LogP contribution in [0.2, 0.25) is 0 Å². The molecule has 0 heterocycles. The fraction of sp³-hybridized carbons (Fsp3) is 0. The minimum atomic E-state index is -1.42. The third kappa shape index (κ3) is 62.1. The molecule has 0 radical (unpaired) electrons. The molecule has 0 amide bonds. The molecule has 0 spiro atoms. The number of rotatable bonds is 0. The maximum absolute atomic E-state index is 8.40. The van der Waals surface area contributed by atoms with Crippen LogP contribution in [0.4, 0.5) is 0 Å². The summed E-state index contributed by atoms with van der Waals surface area (Å²) in [5.41, 5.74) is 0. The monoisotopic (exact) mass is 260 g/mol. The van der Waals surface area contributed by atoms with E-state index in [2.05, 4.69) is 0 Å². The zero-order valence-corrected chi connectivity index (χ0v) is 3.32. The topological polar surface area (TPSA) is 97.1 Å². The van der Waals surface area contributed by atoms with Crippen LogP contribution in [0.15, 0.2) is 0 Å². The first-order valence-electron chi connectivity index (χ1n) is 0.408. The van der Waals surface area contributed by atoms with Gasteiger partial charge in [-0.3, -0.25) is 8.92 Å². The number of hydrogen-bond acceptors (Lipinski definition) is 2. The molecule has 0 unspecified atom stereocenters. The summed E-state index contributed by atoms with van der Waals surface area (Å²) in [5.74, 6) is 0. The molecule has 0 saturated heterocycles. The average molecular weight is 259 g/mol. The van der Waals surface area contributed by atoms with Crippen LogP contribution in [-0.2, 0) is 8.92 Å². The summed E-state index contributed by atoms with van der Waals surface area (Å²) < 4.78 is 16.8. The molecule has 0 rings (SSSR count). The summed E-state index contributed by atoms with van der Waals surface area (Å²) in [5, 5.41) is 0. The predicted molar refractivity (Wildman–Crippen MR) is 30.0 cm³/mol.